The zero-order chi connectivity index (χ0) is 17.9. The molecule has 0 radical (unpaired) electrons. The van der Waals surface area contributed by atoms with Crippen molar-refractivity contribution in [1.29, 1.82) is 0 Å². The van der Waals surface area contributed by atoms with E-state index in [0.29, 0.717) is 11.3 Å². The molecule has 1 amide bonds. The standard InChI is InChI=1S/C22H26N2O2/c1-26-21-10-6-5-9-20(21)22(25)24-14-13-23(18-11-12-18)16-19(24)15-17-7-3-2-4-8-17/h2-10,18-19H,11-16H2,1H3. The van der Waals surface area contributed by atoms with Crippen LogP contribution in [-0.2, 0) is 6.42 Å². The SMILES string of the molecule is COc1ccccc1C(=O)N1CCN(C2CC2)CC1Cc1ccccc1. The predicted molar refractivity (Wildman–Crippen MR) is 103 cm³/mol. The van der Waals surface area contributed by atoms with E-state index in [9.17, 15) is 4.79 Å². The molecule has 2 fully saturated rings. The van der Waals surface area contributed by atoms with Crippen molar-refractivity contribution in [3.05, 3.63) is 65.7 Å². The molecule has 4 heteroatoms. The molecule has 4 rings (SSSR count). The van der Waals surface area contributed by atoms with Crippen molar-refractivity contribution >= 4 is 5.91 Å². The van der Waals surface area contributed by atoms with Crippen LogP contribution in [0.5, 0.6) is 5.75 Å². The lowest BCUT2D eigenvalue weighted by molar-refractivity contribution is 0.0434. The molecule has 4 nitrogen and oxygen atoms in total. The molecule has 1 aliphatic carbocycles. The summed E-state index contributed by atoms with van der Waals surface area (Å²) < 4.78 is 5.42. The number of carbonyl (C=O) groups excluding carboxylic acids is 1. The lowest BCUT2D eigenvalue weighted by atomic mass is 10.0. The summed E-state index contributed by atoms with van der Waals surface area (Å²) in [6, 6.07) is 19.0. The second-order valence-corrected chi connectivity index (χ2v) is 7.27. The van der Waals surface area contributed by atoms with Gasteiger partial charge in [-0.1, -0.05) is 42.5 Å². The van der Waals surface area contributed by atoms with Crippen molar-refractivity contribution in [2.45, 2.75) is 31.3 Å². The van der Waals surface area contributed by atoms with Gasteiger partial charge in [0.2, 0.25) is 0 Å². The Balaban J connectivity index is 1.58. The van der Waals surface area contributed by atoms with E-state index < -0.39 is 0 Å². The third-order valence-corrected chi connectivity index (χ3v) is 5.49. The maximum Gasteiger partial charge on any atom is 0.257 e. The lowest BCUT2D eigenvalue weighted by Crippen LogP contribution is -2.56. The third kappa shape index (κ3) is 3.61. The summed E-state index contributed by atoms with van der Waals surface area (Å²) in [6.07, 6.45) is 3.50. The first-order valence-corrected chi connectivity index (χ1v) is 9.48. The van der Waals surface area contributed by atoms with Gasteiger partial charge >= 0.3 is 0 Å². The normalized spacial score (nSPS) is 20.8. The van der Waals surface area contributed by atoms with E-state index >= 15 is 0 Å². The van der Waals surface area contributed by atoms with Gasteiger partial charge in [-0.2, -0.15) is 0 Å². The average molecular weight is 350 g/mol. The molecule has 1 heterocycles. The first-order valence-electron chi connectivity index (χ1n) is 9.48. The number of amides is 1. The molecule has 2 aromatic rings. The number of rotatable bonds is 5. The summed E-state index contributed by atoms with van der Waals surface area (Å²) in [7, 11) is 1.62. The van der Waals surface area contributed by atoms with Crippen molar-refractivity contribution in [1.82, 2.24) is 9.80 Å². The highest BCUT2D eigenvalue weighted by molar-refractivity contribution is 5.97. The van der Waals surface area contributed by atoms with Crippen LogP contribution in [0.25, 0.3) is 0 Å². The van der Waals surface area contributed by atoms with Gasteiger partial charge in [0.25, 0.3) is 5.91 Å². The molecule has 136 valence electrons. The van der Waals surface area contributed by atoms with Gasteiger partial charge in [0.15, 0.2) is 0 Å². The van der Waals surface area contributed by atoms with Crippen LogP contribution in [0.3, 0.4) is 0 Å². The Morgan fingerprint density at radius 2 is 1.77 bits per heavy atom. The number of hydrogen-bond donors (Lipinski definition) is 0. The number of carbonyl (C=O) groups is 1. The van der Waals surface area contributed by atoms with Crippen LogP contribution in [0.1, 0.15) is 28.8 Å². The Hall–Kier alpha value is -2.33. The minimum absolute atomic E-state index is 0.0822. The van der Waals surface area contributed by atoms with E-state index in [1.165, 1.54) is 18.4 Å². The van der Waals surface area contributed by atoms with E-state index in [-0.39, 0.29) is 11.9 Å². The monoisotopic (exact) mass is 350 g/mol. The molecule has 0 N–H and O–H groups in total. The summed E-state index contributed by atoms with van der Waals surface area (Å²) >= 11 is 0. The number of benzene rings is 2. The molecule has 2 aliphatic rings. The van der Waals surface area contributed by atoms with Crippen LogP contribution in [0.15, 0.2) is 54.6 Å². The topological polar surface area (TPSA) is 32.8 Å². The fourth-order valence-electron chi connectivity index (χ4n) is 3.95. The van der Waals surface area contributed by atoms with Gasteiger partial charge in [0.05, 0.1) is 12.7 Å². The zero-order valence-electron chi connectivity index (χ0n) is 15.3. The maximum atomic E-state index is 13.3. The van der Waals surface area contributed by atoms with Crippen LogP contribution in [0.4, 0.5) is 0 Å². The van der Waals surface area contributed by atoms with Gasteiger partial charge in [-0.25, -0.2) is 0 Å². The Bertz CT molecular complexity index is 758. The average Bonchev–Trinajstić information content (AvgIpc) is 3.53. The summed E-state index contributed by atoms with van der Waals surface area (Å²) in [4.78, 5) is 17.9. The quantitative estimate of drug-likeness (QED) is 0.830. The number of nitrogens with zero attached hydrogens (tertiary/aromatic N) is 2. The second-order valence-electron chi connectivity index (χ2n) is 7.27. The van der Waals surface area contributed by atoms with E-state index in [2.05, 4.69) is 34.1 Å². The molecular formula is C22H26N2O2. The van der Waals surface area contributed by atoms with Crippen molar-refractivity contribution in [3.8, 4) is 5.75 Å². The number of hydrogen-bond acceptors (Lipinski definition) is 3. The van der Waals surface area contributed by atoms with Crippen LogP contribution in [0.2, 0.25) is 0 Å². The second kappa shape index (κ2) is 7.50. The van der Waals surface area contributed by atoms with Crippen LogP contribution in [0, 0.1) is 0 Å². The number of para-hydroxylation sites is 1. The number of methoxy groups -OCH3 is 1. The first-order chi connectivity index (χ1) is 12.8. The largest absolute Gasteiger partial charge is 0.496 e. The van der Waals surface area contributed by atoms with Gasteiger partial charge in [-0.05, 0) is 37.0 Å². The molecule has 1 unspecified atom stereocenters. The molecule has 0 bridgehead atoms. The minimum Gasteiger partial charge on any atom is -0.496 e. The van der Waals surface area contributed by atoms with Crippen LogP contribution in [-0.4, -0.2) is 54.5 Å². The molecule has 1 saturated heterocycles. The zero-order valence-corrected chi connectivity index (χ0v) is 15.3. The van der Waals surface area contributed by atoms with Crippen molar-refractivity contribution in [2.75, 3.05) is 26.7 Å². The summed E-state index contributed by atoms with van der Waals surface area (Å²) in [5, 5.41) is 0. The third-order valence-electron chi connectivity index (χ3n) is 5.49. The highest BCUT2D eigenvalue weighted by Crippen LogP contribution is 2.30. The molecular weight excluding hydrogens is 324 g/mol. The van der Waals surface area contributed by atoms with E-state index in [0.717, 1.165) is 32.1 Å². The van der Waals surface area contributed by atoms with E-state index in [1.54, 1.807) is 7.11 Å². The van der Waals surface area contributed by atoms with Crippen LogP contribution >= 0.6 is 0 Å². The Labute approximate surface area is 155 Å². The fourth-order valence-corrected chi connectivity index (χ4v) is 3.95. The Morgan fingerprint density at radius 1 is 1.04 bits per heavy atom. The molecule has 0 aromatic heterocycles. The molecule has 1 atom stereocenters. The van der Waals surface area contributed by atoms with E-state index in [4.69, 9.17) is 4.74 Å². The predicted octanol–water partition coefficient (Wildman–Crippen LogP) is 3.23. The van der Waals surface area contributed by atoms with Crippen molar-refractivity contribution < 1.29 is 9.53 Å². The summed E-state index contributed by atoms with van der Waals surface area (Å²) in [5.74, 6) is 0.736. The van der Waals surface area contributed by atoms with Crippen molar-refractivity contribution in [3.63, 3.8) is 0 Å². The smallest absolute Gasteiger partial charge is 0.257 e. The molecule has 26 heavy (non-hydrogen) atoms. The summed E-state index contributed by atoms with van der Waals surface area (Å²) in [5.41, 5.74) is 1.95. The number of piperazine rings is 1. The van der Waals surface area contributed by atoms with Gasteiger partial charge in [-0.15, -0.1) is 0 Å². The number of ether oxygens (including phenoxy) is 1. The van der Waals surface area contributed by atoms with Gasteiger partial charge in [0.1, 0.15) is 5.75 Å². The highest BCUT2D eigenvalue weighted by atomic mass is 16.5. The molecule has 2 aromatic carbocycles. The molecule has 0 spiro atoms. The Morgan fingerprint density at radius 3 is 2.50 bits per heavy atom. The highest BCUT2D eigenvalue weighted by Gasteiger charge is 2.37. The maximum absolute atomic E-state index is 13.3. The minimum atomic E-state index is 0.0822. The fraction of sp³-hybridized carbons (Fsp3) is 0.409. The molecule has 1 saturated carbocycles. The van der Waals surface area contributed by atoms with Crippen LogP contribution < -0.4 is 4.74 Å². The van der Waals surface area contributed by atoms with Gasteiger partial charge in [-0.3, -0.25) is 9.69 Å². The Kier molecular flexibility index (Phi) is 4.93. The lowest BCUT2D eigenvalue weighted by Gasteiger charge is -2.42. The van der Waals surface area contributed by atoms with Crippen molar-refractivity contribution in [2.24, 2.45) is 0 Å². The van der Waals surface area contributed by atoms with Gasteiger partial charge < -0.3 is 9.64 Å². The summed E-state index contributed by atoms with van der Waals surface area (Å²) in [6.45, 7) is 2.71. The first kappa shape index (κ1) is 17.1. The van der Waals surface area contributed by atoms with E-state index in [1.807, 2.05) is 30.3 Å². The molecule has 1 aliphatic heterocycles. The van der Waals surface area contributed by atoms with Gasteiger partial charge in [0, 0.05) is 31.7 Å².